The van der Waals surface area contributed by atoms with Crippen LogP contribution in [0.4, 0.5) is 0 Å². The normalized spacial score (nSPS) is 11.6. The molecule has 0 aliphatic heterocycles. The number of carbonyl (C=O) groups excluding carboxylic acids is 1. The first-order chi connectivity index (χ1) is 11.8. The highest BCUT2D eigenvalue weighted by Crippen LogP contribution is 2.31. The van der Waals surface area contributed by atoms with Crippen molar-refractivity contribution in [3.8, 4) is 11.1 Å². The smallest absolute Gasteiger partial charge is 0.316 e. The van der Waals surface area contributed by atoms with Crippen LogP contribution in [0.5, 0.6) is 0 Å². The third kappa shape index (κ3) is 4.29. The molecule has 25 heavy (non-hydrogen) atoms. The van der Waals surface area contributed by atoms with E-state index in [2.05, 4.69) is 9.97 Å². The van der Waals surface area contributed by atoms with Gasteiger partial charge in [-0.1, -0.05) is 42.1 Å². The molecule has 0 unspecified atom stereocenters. The predicted octanol–water partition coefficient (Wildman–Crippen LogP) is 4.09. The monoisotopic (exact) mass is 374 g/mol. The molecule has 0 aliphatic carbocycles. The number of hydrogen-bond donors (Lipinski definition) is 1. The minimum absolute atomic E-state index is 0.0998. The van der Waals surface area contributed by atoms with Gasteiger partial charge >= 0.3 is 5.97 Å². The van der Waals surface area contributed by atoms with Crippen LogP contribution < -0.4 is 5.56 Å². The van der Waals surface area contributed by atoms with Crippen molar-refractivity contribution in [3.63, 3.8) is 0 Å². The summed E-state index contributed by atoms with van der Waals surface area (Å²) < 4.78 is 5.26. The lowest BCUT2D eigenvalue weighted by Crippen LogP contribution is -2.25. The van der Waals surface area contributed by atoms with Crippen molar-refractivity contribution < 1.29 is 9.53 Å². The van der Waals surface area contributed by atoms with Crippen LogP contribution in [0.1, 0.15) is 20.8 Å². The molecule has 1 aromatic carbocycles. The number of ether oxygens (including phenoxy) is 1. The van der Waals surface area contributed by atoms with E-state index < -0.39 is 5.60 Å². The van der Waals surface area contributed by atoms with E-state index in [1.54, 1.807) is 0 Å². The molecule has 0 aliphatic rings. The number of thiophene rings is 1. The van der Waals surface area contributed by atoms with Gasteiger partial charge in [-0.15, -0.1) is 11.3 Å². The van der Waals surface area contributed by atoms with Gasteiger partial charge < -0.3 is 9.72 Å². The molecule has 3 rings (SSSR count). The highest BCUT2D eigenvalue weighted by Gasteiger charge is 2.18. The lowest BCUT2D eigenvalue weighted by molar-refractivity contribution is -0.151. The van der Waals surface area contributed by atoms with Gasteiger partial charge in [0.15, 0.2) is 5.16 Å². The molecule has 0 amide bonds. The van der Waals surface area contributed by atoms with Gasteiger partial charge in [-0.3, -0.25) is 9.59 Å². The number of nitrogens with zero attached hydrogens (tertiary/aromatic N) is 1. The standard InChI is InChI=1S/C18H18N2O3S2/c1-18(2,3)23-13(21)10-25-17-19-15(22)14-12(9-24-16(14)20-17)11-7-5-4-6-8-11/h4-9H,10H2,1-3H3,(H,19,20,22). The number of nitrogens with one attached hydrogen (secondary N) is 1. The summed E-state index contributed by atoms with van der Waals surface area (Å²) in [5, 5.41) is 2.94. The molecule has 0 bridgehead atoms. The number of hydrogen-bond acceptors (Lipinski definition) is 6. The summed E-state index contributed by atoms with van der Waals surface area (Å²) >= 11 is 2.59. The van der Waals surface area contributed by atoms with Gasteiger partial charge in [-0.25, -0.2) is 4.98 Å². The Hall–Kier alpha value is -2.12. The highest BCUT2D eigenvalue weighted by molar-refractivity contribution is 7.99. The molecular weight excluding hydrogens is 356 g/mol. The highest BCUT2D eigenvalue weighted by atomic mass is 32.2. The third-order valence-corrected chi connectivity index (χ3v) is 4.97. The minimum atomic E-state index is -0.527. The molecular formula is C18H18N2O3S2. The van der Waals surface area contributed by atoms with E-state index in [0.717, 1.165) is 11.1 Å². The Kier molecular flexibility index (Phi) is 4.96. The maximum Gasteiger partial charge on any atom is 0.316 e. The second kappa shape index (κ2) is 7.01. The summed E-state index contributed by atoms with van der Waals surface area (Å²) in [7, 11) is 0. The lowest BCUT2D eigenvalue weighted by Gasteiger charge is -2.19. The van der Waals surface area contributed by atoms with Gasteiger partial charge in [0.25, 0.3) is 5.56 Å². The van der Waals surface area contributed by atoms with E-state index in [4.69, 9.17) is 4.74 Å². The van der Waals surface area contributed by atoms with Crippen LogP contribution in [-0.2, 0) is 9.53 Å². The molecule has 5 nitrogen and oxygen atoms in total. The number of aromatic nitrogens is 2. The van der Waals surface area contributed by atoms with Gasteiger partial charge in [0.1, 0.15) is 10.4 Å². The Morgan fingerprint density at radius 1 is 1.28 bits per heavy atom. The van der Waals surface area contributed by atoms with Crippen LogP contribution >= 0.6 is 23.1 Å². The summed E-state index contributed by atoms with van der Waals surface area (Å²) in [5.74, 6) is -0.237. The van der Waals surface area contributed by atoms with Crippen molar-refractivity contribution >= 4 is 39.3 Å². The van der Waals surface area contributed by atoms with Crippen LogP contribution in [-0.4, -0.2) is 27.3 Å². The minimum Gasteiger partial charge on any atom is -0.459 e. The number of carbonyl (C=O) groups is 1. The lowest BCUT2D eigenvalue weighted by atomic mass is 10.1. The molecule has 3 aromatic rings. The molecule has 0 saturated heterocycles. The Bertz CT molecular complexity index is 956. The van der Waals surface area contributed by atoms with Gasteiger partial charge in [-0.05, 0) is 26.3 Å². The van der Waals surface area contributed by atoms with Crippen molar-refractivity contribution in [1.29, 1.82) is 0 Å². The van der Waals surface area contributed by atoms with Gasteiger partial charge in [0.05, 0.1) is 11.1 Å². The SMILES string of the molecule is CC(C)(C)OC(=O)CSc1nc2scc(-c3ccccc3)c2c(=O)[nH]1. The number of H-pyrrole nitrogens is 1. The van der Waals surface area contributed by atoms with Crippen molar-refractivity contribution in [2.75, 3.05) is 5.75 Å². The van der Waals surface area contributed by atoms with Crippen LogP contribution in [0.15, 0.2) is 45.7 Å². The largest absolute Gasteiger partial charge is 0.459 e. The molecule has 1 N–H and O–H groups in total. The van der Waals surface area contributed by atoms with E-state index in [-0.39, 0.29) is 17.3 Å². The maximum absolute atomic E-state index is 12.5. The first kappa shape index (κ1) is 17.7. The Labute approximate surface area is 153 Å². The molecule has 0 radical (unpaired) electrons. The van der Waals surface area contributed by atoms with Gasteiger partial charge in [0.2, 0.25) is 0 Å². The quantitative estimate of drug-likeness (QED) is 0.423. The summed E-state index contributed by atoms with van der Waals surface area (Å²) in [6.07, 6.45) is 0. The fraction of sp³-hybridized carbons (Fsp3) is 0.278. The molecule has 2 aromatic heterocycles. The summed E-state index contributed by atoms with van der Waals surface area (Å²) in [6.45, 7) is 5.45. The number of fused-ring (bicyclic) bond motifs is 1. The molecule has 130 valence electrons. The van der Waals surface area contributed by atoms with E-state index in [1.165, 1.54) is 23.1 Å². The van der Waals surface area contributed by atoms with Crippen LogP contribution in [0, 0.1) is 0 Å². The average molecular weight is 374 g/mol. The van der Waals surface area contributed by atoms with E-state index in [9.17, 15) is 9.59 Å². The molecule has 0 fully saturated rings. The van der Waals surface area contributed by atoms with Gasteiger partial charge in [0, 0.05) is 10.9 Å². The van der Waals surface area contributed by atoms with Crippen LogP contribution in [0.25, 0.3) is 21.3 Å². The van der Waals surface area contributed by atoms with Crippen LogP contribution in [0.3, 0.4) is 0 Å². The summed E-state index contributed by atoms with van der Waals surface area (Å²) in [4.78, 5) is 32.2. The second-order valence-electron chi connectivity index (χ2n) is 6.44. The molecule has 7 heteroatoms. The Morgan fingerprint density at radius 2 is 2.00 bits per heavy atom. The van der Waals surface area contributed by atoms with E-state index in [0.29, 0.717) is 15.4 Å². The number of thioether (sulfide) groups is 1. The van der Waals surface area contributed by atoms with Crippen molar-refractivity contribution in [1.82, 2.24) is 9.97 Å². The van der Waals surface area contributed by atoms with Crippen molar-refractivity contribution in [2.45, 2.75) is 31.5 Å². The van der Waals surface area contributed by atoms with Gasteiger partial charge in [-0.2, -0.15) is 0 Å². The topological polar surface area (TPSA) is 72.0 Å². The first-order valence-corrected chi connectivity index (χ1v) is 9.61. The predicted molar refractivity (Wildman–Crippen MR) is 102 cm³/mol. The maximum atomic E-state index is 12.5. The average Bonchev–Trinajstić information content (AvgIpc) is 2.97. The van der Waals surface area contributed by atoms with E-state index in [1.807, 2.05) is 56.5 Å². The zero-order valence-corrected chi connectivity index (χ0v) is 15.8. The fourth-order valence-corrected chi connectivity index (χ4v) is 3.97. The second-order valence-corrected chi connectivity index (χ2v) is 8.26. The third-order valence-electron chi connectivity index (χ3n) is 3.25. The molecule has 2 heterocycles. The molecule has 0 atom stereocenters. The van der Waals surface area contributed by atoms with Crippen molar-refractivity contribution in [3.05, 3.63) is 46.1 Å². The summed E-state index contributed by atoms with van der Waals surface area (Å²) in [5.41, 5.74) is 1.13. The first-order valence-electron chi connectivity index (χ1n) is 7.75. The number of rotatable bonds is 4. The zero-order chi connectivity index (χ0) is 18.0. The van der Waals surface area contributed by atoms with E-state index >= 15 is 0 Å². The Morgan fingerprint density at radius 3 is 2.68 bits per heavy atom. The number of aromatic amines is 1. The molecule has 0 spiro atoms. The number of benzene rings is 1. The molecule has 0 saturated carbocycles. The number of esters is 1. The van der Waals surface area contributed by atoms with Crippen molar-refractivity contribution in [2.24, 2.45) is 0 Å². The van der Waals surface area contributed by atoms with Crippen LogP contribution in [0.2, 0.25) is 0 Å². The Balaban J connectivity index is 1.84. The fourth-order valence-electron chi connectivity index (χ4n) is 2.33. The summed E-state index contributed by atoms with van der Waals surface area (Å²) in [6, 6.07) is 9.74. The zero-order valence-electron chi connectivity index (χ0n) is 14.2.